The average Bonchev–Trinajstić information content (AvgIpc) is 3.10. The van der Waals surface area contributed by atoms with Gasteiger partial charge in [0.15, 0.2) is 4.80 Å². The third-order valence-corrected chi connectivity index (χ3v) is 7.82. The number of thiazole rings is 1. The fourth-order valence-corrected chi connectivity index (χ4v) is 5.77. The van der Waals surface area contributed by atoms with Gasteiger partial charge in [-0.3, -0.25) is 4.79 Å². The lowest BCUT2D eigenvalue weighted by Crippen LogP contribution is -2.40. The number of carbonyl (C=O) groups excluding carboxylic acids is 1. The van der Waals surface area contributed by atoms with Gasteiger partial charge in [-0.2, -0.15) is 9.30 Å². The number of aromatic nitrogens is 1. The van der Waals surface area contributed by atoms with Crippen LogP contribution in [0.2, 0.25) is 0 Å². The number of nitrogens with zero attached hydrogens (tertiary/aromatic N) is 3. The summed E-state index contributed by atoms with van der Waals surface area (Å²) in [7, 11) is -3.64. The zero-order valence-corrected chi connectivity index (χ0v) is 18.2. The summed E-state index contributed by atoms with van der Waals surface area (Å²) in [5.41, 5.74) is 1.01. The van der Waals surface area contributed by atoms with E-state index >= 15 is 0 Å². The zero-order valence-electron chi connectivity index (χ0n) is 16.5. The quantitative estimate of drug-likeness (QED) is 0.547. The molecule has 7 nitrogen and oxygen atoms in total. The first-order chi connectivity index (χ1) is 14.9. The molecule has 0 unspecified atom stereocenters. The van der Waals surface area contributed by atoms with E-state index in [4.69, 9.17) is 4.74 Å². The standard InChI is InChI=1S/C21H20FN3O4S2/c1-2-9-25-18-8-5-16(22)14-19(18)30-21(25)23-20(26)15-3-6-17(7-4-15)31(27,28)24-10-12-29-13-11-24/h2-8,14H,1,9-13H2. The topological polar surface area (TPSA) is 81.0 Å². The Bertz CT molecular complexity index is 1300. The van der Waals surface area contributed by atoms with Crippen molar-refractivity contribution in [3.8, 4) is 0 Å². The molecule has 1 saturated heterocycles. The lowest BCUT2D eigenvalue weighted by atomic mass is 10.2. The number of benzene rings is 2. The summed E-state index contributed by atoms with van der Waals surface area (Å²) < 4.78 is 48.0. The van der Waals surface area contributed by atoms with Gasteiger partial charge in [0.05, 0.1) is 28.3 Å². The highest BCUT2D eigenvalue weighted by molar-refractivity contribution is 7.89. The van der Waals surface area contributed by atoms with E-state index in [0.29, 0.717) is 42.3 Å². The number of ether oxygens (including phenoxy) is 1. The van der Waals surface area contributed by atoms with Crippen molar-refractivity contribution in [3.05, 3.63) is 71.3 Å². The minimum atomic E-state index is -3.64. The van der Waals surface area contributed by atoms with E-state index < -0.39 is 15.9 Å². The number of hydrogen-bond donors (Lipinski definition) is 0. The van der Waals surface area contributed by atoms with Crippen LogP contribution in [-0.2, 0) is 21.3 Å². The summed E-state index contributed by atoms with van der Waals surface area (Å²) in [6.07, 6.45) is 1.67. The van der Waals surface area contributed by atoms with Crippen LogP contribution in [0.4, 0.5) is 4.39 Å². The highest BCUT2D eigenvalue weighted by Gasteiger charge is 2.26. The number of morpholine rings is 1. The van der Waals surface area contributed by atoms with Crippen molar-refractivity contribution in [3.63, 3.8) is 0 Å². The molecule has 1 aliphatic heterocycles. The third kappa shape index (κ3) is 4.38. The first-order valence-corrected chi connectivity index (χ1v) is 11.8. The molecule has 2 aromatic carbocycles. The van der Waals surface area contributed by atoms with Crippen LogP contribution in [0.25, 0.3) is 10.2 Å². The van der Waals surface area contributed by atoms with Gasteiger partial charge < -0.3 is 9.30 Å². The summed E-state index contributed by atoms with van der Waals surface area (Å²) in [5, 5.41) is 0. The summed E-state index contributed by atoms with van der Waals surface area (Å²) in [6.45, 7) is 5.45. The highest BCUT2D eigenvalue weighted by Crippen LogP contribution is 2.20. The van der Waals surface area contributed by atoms with Gasteiger partial charge in [0, 0.05) is 25.2 Å². The van der Waals surface area contributed by atoms with Crippen LogP contribution < -0.4 is 4.80 Å². The number of hydrogen-bond acceptors (Lipinski definition) is 5. The smallest absolute Gasteiger partial charge is 0.279 e. The number of fused-ring (bicyclic) bond motifs is 1. The summed E-state index contributed by atoms with van der Waals surface area (Å²) in [6, 6.07) is 10.1. The Balaban J connectivity index is 1.65. The van der Waals surface area contributed by atoms with E-state index in [0.717, 1.165) is 5.52 Å². The second-order valence-electron chi connectivity index (χ2n) is 6.85. The van der Waals surface area contributed by atoms with Crippen LogP contribution in [0, 0.1) is 5.82 Å². The second kappa shape index (κ2) is 8.83. The van der Waals surface area contributed by atoms with Crippen molar-refractivity contribution in [2.45, 2.75) is 11.4 Å². The molecule has 1 fully saturated rings. The maximum absolute atomic E-state index is 13.6. The number of allylic oxidation sites excluding steroid dienone is 1. The van der Waals surface area contributed by atoms with Crippen molar-refractivity contribution in [1.29, 1.82) is 0 Å². The molecule has 162 valence electrons. The van der Waals surface area contributed by atoms with Gasteiger partial charge >= 0.3 is 0 Å². The molecule has 0 spiro atoms. The monoisotopic (exact) mass is 461 g/mol. The average molecular weight is 462 g/mol. The molecule has 2 heterocycles. The number of halogens is 1. The molecule has 0 radical (unpaired) electrons. The van der Waals surface area contributed by atoms with Crippen LogP contribution in [0.3, 0.4) is 0 Å². The molecule has 4 rings (SSSR count). The maximum atomic E-state index is 13.6. The minimum absolute atomic E-state index is 0.116. The number of carbonyl (C=O) groups is 1. The van der Waals surface area contributed by atoms with E-state index in [1.165, 1.54) is 52.0 Å². The first kappa shape index (κ1) is 21.6. The van der Waals surface area contributed by atoms with Gasteiger partial charge in [-0.15, -0.1) is 6.58 Å². The molecule has 1 aliphatic rings. The first-order valence-electron chi connectivity index (χ1n) is 9.57. The van der Waals surface area contributed by atoms with E-state index in [1.807, 2.05) is 0 Å². The number of sulfonamides is 1. The number of amides is 1. The molecule has 0 bridgehead atoms. The molecular formula is C21H20FN3O4S2. The maximum Gasteiger partial charge on any atom is 0.279 e. The Kier molecular flexibility index (Phi) is 6.15. The summed E-state index contributed by atoms with van der Waals surface area (Å²) >= 11 is 1.20. The Hall–Kier alpha value is -2.66. The van der Waals surface area contributed by atoms with Crippen LogP contribution in [0.1, 0.15) is 10.4 Å². The van der Waals surface area contributed by atoms with Crippen molar-refractivity contribution >= 4 is 37.5 Å². The van der Waals surface area contributed by atoms with Crippen LogP contribution in [-0.4, -0.2) is 49.5 Å². The third-order valence-electron chi connectivity index (χ3n) is 4.86. The van der Waals surface area contributed by atoms with Gasteiger partial charge in [0.1, 0.15) is 5.82 Å². The van der Waals surface area contributed by atoms with Crippen molar-refractivity contribution in [2.24, 2.45) is 4.99 Å². The highest BCUT2D eigenvalue weighted by atomic mass is 32.2. The molecule has 3 aromatic rings. The molecule has 31 heavy (non-hydrogen) atoms. The summed E-state index contributed by atoms with van der Waals surface area (Å²) in [5.74, 6) is -0.880. The molecule has 1 amide bonds. The SMILES string of the molecule is C=CCn1c(=NC(=O)c2ccc(S(=O)(=O)N3CCOCC3)cc2)sc2cc(F)ccc21. The molecule has 0 N–H and O–H groups in total. The lowest BCUT2D eigenvalue weighted by molar-refractivity contribution is 0.0730. The van der Waals surface area contributed by atoms with Crippen LogP contribution in [0.5, 0.6) is 0 Å². The lowest BCUT2D eigenvalue weighted by Gasteiger charge is -2.26. The predicted octanol–water partition coefficient (Wildman–Crippen LogP) is 2.79. The van der Waals surface area contributed by atoms with E-state index in [-0.39, 0.29) is 16.3 Å². The normalized spacial score (nSPS) is 16.0. The van der Waals surface area contributed by atoms with Gasteiger partial charge in [-0.05, 0) is 42.5 Å². The molecule has 10 heteroatoms. The van der Waals surface area contributed by atoms with E-state index in [2.05, 4.69) is 11.6 Å². The summed E-state index contributed by atoms with van der Waals surface area (Å²) in [4.78, 5) is 17.4. The Morgan fingerprint density at radius 1 is 1.19 bits per heavy atom. The molecular weight excluding hydrogens is 441 g/mol. The van der Waals surface area contributed by atoms with Gasteiger partial charge in [-0.25, -0.2) is 12.8 Å². The Labute approximate surface area is 182 Å². The largest absolute Gasteiger partial charge is 0.379 e. The molecule has 0 aliphatic carbocycles. The van der Waals surface area contributed by atoms with Crippen LogP contribution >= 0.6 is 11.3 Å². The second-order valence-corrected chi connectivity index (χ2v) is 9.80. The van der Waals surface area contributed by atoms with Crippen molar-refractivity contribution in [2.75, 3.05) is 26.3 Å². The Morgan fingerprint density at radius 2 is 1.90 bits per heavy atom. The van der Waals surface area contributed by atoms with Crippen molar-refractivity contribution in [1.82, 2.24) is 8.87 Å². The predicted molar refractivity (Wildman–Crippen MR) is 116 cm³/mol. The van der Waals surface area contributed by atoms with Crippen molar-refractivity contribution < 1.29 is 22.3 Å². The zero-order chi connectivity index (χ0) is 22.0. The fourth-order valence-electron chi connectivity index (χ4n) is 3.29. The molecule has 1 aromatic heterocycles. The van der Waals surface area contributed by atoms with Gasteiger partial charge in [0.25, 0.3) is 5.91 Å². The minimum Gasteiger partial charge on any atom is -0.379 e. The van der Waals surface area contributed by atoms with Gasteiger partial charge in [0.2, 0.25) is 10.0 Å². The number of rotatable bonds is 5. The fraction of sp³-hybridized carbons (Fsp3) is 0.238. The molecule has 0 saturated carbocycles. The van der Waals surface area contributed by atoms with E-state index in [1.54, 1.807) is 16.7 Å². The van der Waals surface area contributed by atoms with E-state index in [9.17, 15) is 17.6 Å². The van der Waals surface area contributed by atoms with Crippen LogP contribution in [0.15, 0.2) is 65.0 Å². The molecule has 0 atom stereocenters. The van der Waals surface area contributed by atoms with Gasteiger partial charge in [-0.1, -0.05) is 17.4 Å². The Morgan fingerprint density at radius 3 is 2.58 bits per heavy atom.